The fraction of sp³-hybridized carbons (Fsp3) is 0.100. The number of nitrogens with one attached hydrogen (secondary N) is 2. The normalized spacial score (nSPS) is 10.6. The summed E-state index contributed by atoms with van der Waals surface area (Å²) in [5.41, 5.74) is 1.95. The molecule has 2 N–H and O–H groups in total. The van der Waals surface area contributed by atoms with Crippen LogP contribution < -0.4 is 10.6 Å². The number of ether oxygens (including phenoxy) is 1. The van der Waals surface area contributed by atoms with Crippen molar-refractivity contribution in [3.63, 3.8) is 0 Å². The molecule has 4 aromatic heterocycles. The second kappa shape index (κ2) is 8.88. The first kappa shape index (κ1) is 19.2. The molecule has 0 aliphatic heterocycles. The lowest BCUT2D eigenvalue weighted by Gasteiger charge is -2.13. The molecule has 0 saturated carbocycles. The summed E-state index contributed by atoms with van der Waals surface area (Å²) in [5.74, 6) is 0.635. The Morgan fingerprint density at radius 1 is 1.10 bits per heavy atom. The molecule has 1 amide bonds. The Morgan fingerprint density at radius 2 is 1.97 bits per heavy atom. The zero-order chi connectivity index (χ0) is 20.8. The number of carbonyl (C=O) groups excluding carboxylic acids is 1. The van der Waals surface area contributed by atoms with Crippen molar-refractivity contribution in [2.75, 3.05) is 17.7 Å². The maximum Gasteiger partial charge on any atom is 0.277 e. The van der Waals surface area contributed by atoms with Crippen LogP contribution in [0.15, 0.2) is 67.5 Å². The van der Waals surface area contributed by atoms with Gasteiger partial charge in [0.05, 0.1) is 42.3 Å². The van der Waals surface area contributed by atoms with Gasteiger partial charge in [-0.25, -0.2) is 19.9 Å². The van der Waals surface area contributed by atoms with Gasteiger partial charge in [0, 0.05) is 19.4 Å². The van der Waals surface area contributed by atoms with Crippen molar-refractivity contribution in [3.05, 3.63) is 78.9 Å². The topological polar surface area (TPSA) is 120 Å². The number of anilines is 3. The van der Waals surface area contributed by atoms with Crippen molar-refractivity contribution in [2.24, 2.45) is 0 Å². The minimum Gasteiger partial charge on any atom is -0.378 e. The Kier molecular flexibility index (Phi) is 5.67. The van der Waals surface area contributed by atoms with Crippen LogP contribution >= 0.6 is 0 Å². The summed E-state index contributed by atoms with van der Waals surface area (Å²) < 4.78 is 6.68. The second-order valence-corrected chi connectivity index (χ2v) is 6.15. The number of pyridine rings is 2. The molecule has 0 bridgehead atoms. The van der Waals surface area contributed by atoms with Crippen LogP contribution in [0.25, 0.3) is 5.82 Å². The molecule has 0 aliphatic rings. The lowest BCUT2D eigenvalue weighted by Crippen LogP contribution is -2.19. The van der Waals surface area contributed by atoms with Crippen molar-refractivity contribution < 1.29 is 9.53 Å². The van der Waals surface area contributed by atoms with Crippen LogP contribution in [0.4, 0.5) is 17.2 Å². The molecule has 4 rings (SSSR count). The maximum atomic E-state index is 13.1. The van der Waals surface area contributed by atoms with Crippen LogP contribution in [-0.4, -0.2) is 42.7 Å². The van der Waals surface area contributed by atoms with Gasteiger partial charge in [0.1, 0.15) is 12.1 Å². The van der Waals surface area contributed by atoms with Crippen molar-refractivity contribution in [1.82, 2.24) is 29.7 Å². The van der Waals surface area contributed by atoms with E-state index in [0.717, 1.165) is 0 Å². The van der Waals surface area contributed by atoms with E-state index >= 15 is 0 Å². The van der Waals surface area contributed by atoms with Crippen LogP contribution in [0.3, 0.4) is 0 Å². The number of methoxy groups -OCH3 is 1. The van der Waals surface area contributed by atoms with E-state index in [0.29, 0.717) is 28.7 Å². The van der Waals surface area contributed by atoms with Gasteiger partial charge in [-0.05, 0) is 24.3 Å². The van der Waals surface area contributed by atoms with Crippen molar-refractivity contribution in [3.8, 4) is 5.82 Å². The largest absolute Gasteiger partial charge is 0.378 e. The highest BCUT2D eigenvalue weighted by Crippen LogP contribution is 2.21. The van der Waals surface area contributed by atoms with Crippen molar-refractivity contribution in [2.45, 2.75) is 6.61 Å². The van der Waals surface area contributed by atoms with Crippen LogP contribution in [0.2, 0.25) is 0 Å². The molecule has 4 aromatic rings. The van der Waals surface area contributed by atoms with Crippen LogP contribution in [0.5, 0.6) is 0 Å². The maximum absolute atomic E-state index is 13.1. The Balaban J connectivity index is 1.64. The minimum atomic E-state index is -0.412. The first-order valence-electron chi connectivity index (χ1n) is 9.02. The third kappa shape index (κ3) is 4.28. The first-order chi connectivity index (χ1) is 14.7. The quantitative estimate of drug-likeness (QED) is 0.484. The lowest BCUT2D eigenvalue weighted by molar-refractivity contribution is 0.102. The molecular weight excluding hydrogens is 384 g/mol. The highest BCUT2D eigenvalue weighted by molar-refractivity contribution is 6.06. The van der Waals surface area contributed by atoms with Gasteiger partial charge in [0.25, 0.3) is 5.91 Å². The van der Waals surface area contributed by atoms with Crippen molar-refractivity contribution in [1.29, 1.82) is 0 Å². The Labute approximate surface area is 172 Å². The standard InChI is InChI=1S/C20H18N8O2/c1-30-12-14-5-6-16(25-15-10-21-13-22-11-15)19(26-14)20(29)27-18-7-9-24-28(18)17-4-2-3-8-23-17/h2-11,13,25H,12H2,1H3,(H,27,29). The number of nitrogens with zero attached hydrogens (tertiary/aromatic N) is 6. The van der Waals surface area contributed by atoms with Gasteiger partial charge >= 0.3 is 0 Å². The highest BCUT2D eigenvalue weighted by atomic mass is 16.5. The number of hydrogen-bond donors (Lipinski definition) is 2. The van der Waals surface area contributed by atoms with E-state index in [-0.39, 0.29) is 12.3 Å². The summed E-state index contributed by atoms with van der Waals surface area (Å²) in [6.07, 6.45) is 7.88. The van der Waals surface area contributed by atoms with Crippen LogP contribution in [0.1, 0.15) is 16.2 Å². The van der Waals surface area contributed by atoms with Crippen molar-refractivity contribution >= 4 is 23.1 Å². The van der Waals surface area contributed by atoms with Gasteiger partial charge in [0.2, 0.25) is 0 Å². The number of carbonyl (C=O) groups is 1. The molecule has 0 saturated heterocycles. The summed E-state index contributed by atoms with van der Waals surface area (Å²) in [6, 6.07) is 10.7. The fourth-order valence-corrected chi connectivity index (χ4v) is 2.76. The zero-order valence-electron chi connectivity index (χ0n) is 16.1. The van der Waals surface area contributed by atoms with Gasteiger partial charge in [-0.15, -0.1) is 0 Å². The SMILES string of the molecule is COCc1ccc(Nc2cncnc2)c(C(=O)Nc2ccnn2-c2ccccn2)n1. The molecular formula is C20H18N8O2. The van der Waals surface area contributed by atoms with Crippen LogP contribution in [0, 0.1) is 0 Å². The predicted octanol–water partition coefficient (Wildman–Crippen LogP) is 2.59. The number of aromatic nitrogens is 6. The predicted molar refractivity (Wildman–Crippen MR) is 110 cm³/mol. The van der Waals surface area contributed by atoms with Gasteiger partial charge in [-0.3, -0.25) is 4.79 Å². The lowest BCUT2D eigenvalue weighted by atomic mass is 10.2. The number of hydrogen-bond acceptors (Lipinski definition) is 8. The molecule has 0 atom stereocenters. The zero-order valence-corrected chi connectivity index (χ0v) is 16.1. The molecule has 0 aromatic carbocycles. The number of rotatable bonds is 7. The smallest absolute Gasteiger partial charge is 0.277 e. The van der Waals surface area contributed by atoms with Gasteiger partial charge in [-0.2, -0.15) is 9.78 Å². The number of amides is 1. The minimum absolute atomic E-state index is 0.196. The first-order valence-corrected chi connectivity index (χ1v) is 9.02. The van der Waals surface area contributed by atoms with Gasteiger partial charge < -0.3 is 15.4 Å². The van der Waals surface area contributed by atoms with E-state index in [2.05, 4.69) is 35.7 Å². The summed E-state index contributed by atoms with van der Waals surface area (Å²) in [4.78, 5) is 29.8. The third-order valence-electron chi connectivity index (χ3n) is 4.05. The Bertz CT molecular complexity index is 1130. The van der Waals surface area contributed by atoms with E-state index in [1.807, 2.05) is 12.1 Å². The average Bonchev–Trinajstić information content (AvgIpc) is 3.24. The second-order valence-electron chi connectivity index (χ2n) is 6.15. The van der Waals surface area contributed by atoms with Gasteiger partial charge in [-0.1, -0.05) is 6.07 Å². The van der Waals surface area contributed by atoms with E-state index < -0.39 is 5.91 Å². The highest BCUT2D eigenvalue weighted by Gasteiger charge is 2.18. The third-order valence-corrected chi connectivity index (χ3v) is 4.05. The molecule has 0 spiro atoms. The van der Waals surface area contributed by atoms with E-state index in [4.69, 9.17) is 4.74 Å². The molecule has 0 unspecified atom stereocenters. The van der Waals surface area contributed by atoms with Gasteiger partial charge in [0.15, 0.2) is 11.5 Å². The van der Waals surface area contributed by atoms with E-state index in [1.54, 1.807) is 56.2 Å². The fourth-order valence-electron chi connectivity index (χ4n) is 2.76. The summed E-state index contributed by atoms with van der Waals surface area (Å²) in [6.45, 7) is 0.279. The molecule has 0 radical (unpaired) electrons. The molecule has 0 fully saturated rings. The average molecular weight is 402 g/mol. The van der Waals surface area contributed by atoms with E-state index in [1.165, 1.54) is 11.0 Å². The molecule has 0 aliphatic carbocycles. The summed E-state index contributed by atoms with van der Waals surface area (Å²) >= 11 is 0. The van der Waals surface area contributed by atoms with E-state index in [9.17, 15) is 4.79 Å². The molecule has 10 nitrogen and oxygen atoms in total. The Hall–Kier alpha value is -4.18. The molecule has 10 heteroatoms. The summed E-state index contributed by atoms with van der Waals surface area (Å²) in [7, 11) is 1.57. The monoisotopic (exact) mass is 402 g/mol. The summed E-state index contributed by atoms with van der Waals surface area (Å²) in [5, 5.41) is 10.2. The Morgan fingerprint density at radius 3 is 2.73 bits per heavy atom. The molecule has 4 heterocycles. The van der Waals surface area contributed by atoms with Crippen LogP contribution in [-0.2, 0) is 11.3 Å². The molecule has 150 valence electrons. The molecule has 30 heavy (non-hydrogen) atoms.